The highest BCUT2D eigenvalue weighted by Crippen LogP contribution is 2.40. The lowest BCUT2D eigenvalue weighted by Crippen LogP contribution is -2.25. The van der Waals surface area contributed by atoms with E-state index in [9.17, 15) is 14.7 Å². The second-order valence-electron chi connectivity index (χ2n) is 10.1. The fraction of sp³-hybridized carbons (Fsp3) is 0.290. The number of carboxylic acid groups (broad SMARTS) is 1. The number of carbonyl (C=O) groups is 2. The number of carboxylic acids is 1. The summed E-state index contributed by atoms with van der Waals surface area (Å²) in [5, 5.41) is 16.4. The van der Waals surface area contributed by atoms with Gasteiger partial charge in [0.05, 0.1) is 0 Å². The summed E-state index contributed by atoms with van der Waals surface area (Å²) in [7, 11) is 0. The molecule has 0 bridgehead atoms. The van der Waals surface area contributed by atoms with Gasteiger partial charge in [0.1, 0.15) is 6.04 Å². The van der Waals surface area contributed by atoms with Gasteiger partial charge in [0.2, 0.25) is 0 Å². The summed E-state index contributed by atoms with van der Waals surface area (Å²) in [6, 6.07) is 21.6. The number of fused-ring (bicyclic) bond motifs is 1. The molecule has 4 aromatic rings. The van der Waals surface area contributed by atoms with Crippen LogP contribution in [0.15, 0.2) is 66.7 Å². The molecule has 1 aromatic heterocycles. The zero-order valence-electron chi connectivity index (χ0n) is 21.5. The highest BCUT2D eigenvalue weighted by Gasteiger charge is 2.23. The minimum Gasteiger partial charge on any atom is -0.480 e. The molecule has 0 spiro atoms. The molecule has 1 atom stereocenters. The number of nitrogens with one attached hydrogen (secondary N) is 2. The number of aryl methyl sites for hydroxylation is 1. The van der Waals surface area contributed by atoms with Gasteiger partial charge in [-0.3, -0.25) is 9.59 Å². The minimum atomic E-state index is -0.889. The number of anilines is 1. The van der Waals surface area contributed by atoms with E-state index in [0.717, 1.165) is 39.0 Å². The normalized spacial score (nSPS) is 13.9. The molecule has 1 heterocycles. The average Bonchev–Trinajstić information content (AvgIpc) is 3.72. The molecule has 6 heteroatoms. The monoisotopic (exact) mass is 495 g/mol. The molecule has 1 aliphatic carbocycles. The van der Waals surface area contributed by atoms with Crippen LogP contribution in [0.4, 0.5) is 5.69 Å². The Morgan fingerprint density at radius 3 is 2.51 bits per heavy atom. The van der Waals surface area contributed by atoms with Crippen LogP contribution in [0.1, 0.15) is 64.0 Å². The summed E-state index contributed by atoms with van der Waals surface area (Å²) in [6.07, 6.45) is 2.53. The summed E-state index contributed by atoms with van der Waals surface area (Å²) < 4.78 is 2.25. The van der Waals surface area contributed by atoms with Gasteiger partial charge in [-0.05, 0) is 92.1 Å². The summed E-state index contributed by atoms with van der Waals surface area (Å²) in [5.41, 5.74) is 8.36. The van der Waals surface area contributed by atoms with E-state index in [1.165, 1.54) is 18.4 Å². The first kappa shape index (κ1) is 24.6. The molecule has 0 unspecified atom stereocenters. The molecular weight excluding hydrogens is 462 g/mol. The summed E-state index contributed by atoms with van der Waals surface area (Å²) >= 11 is 0. The first-order valence-corrected chi connectivity index (χ1v) is 12.8. The van der Waals surface area contributed by atoms with E-state index in [-0.39, 0.29) is 5.91 Å². The fourth-order valence-corrected chi connectivity index (χ4v) is 4.91. The highest BCUT2D eigenvalue weighted by molar-refractivity contribution is 5.99. The first-order chi connectivity index (χ1) is 17.8. The maximum atomic E-state index is 13.0. The maximum Gasteiger partial charge on any atom is 0.325 e. The summed E-state index contributed by atoms with van der Waals surface area (Å²) in [5.74, 6) is -0.268. The molecule has 1 saturated carbocycles. The largest absolute Gasteiger partial charge is 0.480 e. The Hall–Kier alpha value is -4.06. The third-order valence-electron chi connectivity index (χ3n) is 7.38. The number of aromatic nitrogens is 1. The van der Waals surface area contributed by atoms with Crippen LogP contribution in [0.5, 0.6) is 0 Å². The van der Waals surface area contributed by atoms with Crippen LogP contribution in [-0.2, 0) is 17.9 Å². The molecule has 1 fully saturated rings. The molecule has 190 valence electrons. The predicted molar refractivity (Wildman–Crippen MR) is 147 cm³/mol. The van der Waals surface area contributed by atoms with Crippen LogP contribution in [0.3, 0.4) is 0 Å². The maximum absolute atomic E-state index is 13.0. The molecule has 3 aromatic carbocycles. The molecule has 1 aliphatic rings. The van der Waals surface area contributed by atoms with Crippen molar-refractivity contribution in [3.8, 4) is 0 Å². The lowest BCUT2D eigenvalue weighted by molar-refractivity contribution is -0.137. The van der Waals surface area contributed by atoms with Crippen LogP contribution in [0, 0.1) is 13.8 Å². The van der Waals surface area contributed by atoms with Crippen LogP contribution in [0.25, 0.3) is 10.9 Å². The standard InChI is InChI=1S/C31H33N3O3/c1-19-21(3)34(18-23-7-5-9-27(15-23)33-20(2)31(36)37)29-13-12-26(16-28(19)29)30(35)32-17-22-6-4-8-25(14-22)24-10-11-24/h4-9,12-16,20,24,33H,10-11,17-18H2,1-3H3,(H,32,35)(H,36,37)/t20-/m0/s1. The zero-order chi connectivity index (χ0) is 26.1. The average molecular weight is 496 g/mol. The van der Waals surface area contributed by atoms with Crippen molar-refractivity contribution in [3.05, 3.63) is 100 Å². The predicted octanol–water partition coefficient (Wildman–Crippen LogP) is 6.00. The van der Waals surface area contributed by atoms with E-state index in [1.807, 2.05) is 42.5 Å². The third kappa shape index (κ3) is 5.38. The van der Waals surface area contributed by atoms with Crippen molar-refractivity contribution < 1.29 is 14.7 Å². The van der Waals surface area contributed by atoms with Gasteiger partial charge in [-0.25, -0.2) is 0 Å². The lowest BCUT2D eigenvalue weighted by atomic mass is 10.1. The van der Waals surface area contributed by atoms with E-state index in [2.05, 4.69) is 53.3 Å². The quantitative estimate of drug-likeness (QED) is 0.266. The molecule has 0 radical (unpaired) electrons. The number of hydrogen-bond donors (Lipinski definition) is 3. The van der Waals surface area contributed by atoms with E-state index < -0.39 is 12.0 Å². The van der Waals surface area contributed by atoms with E-state index in [0.29, 0.717) is 24.6 Å². The summed E-state index contributed by atoms with van der Waals surface area (Å²) in [4.78, 5) is 24.2. The third-order valence-corrected chi connectivity index (χ3v) is 7.38. The van der Waals surface area contributed by atoms with E-state index in [4.69, 9.17) is 0 Å². The number of nitrogens with zero attached hydrogens (tertiary/aromatic N) is 1. The van der Waals surface area contributed by atoms with Crippen molar-refractivity contribution in [2.75, 3.05) is 5.32 Å². The SMILES string of the molecule is Cc1c(C)n(Cc2cccc(N[C@@H](C)C(=O)O)c2)c2ccc(C(=O)NCc3cccc(C4CC4)c3)cc12. The van der Waals surface area contributed by atoms with Gasteiger partial charge in [-0.15, -0.1) is 0 Å². The van der Waals surface area contributed by atoms with E-state index in [1.54, 1.807) is 6.92 Å². The highest BCUT2D eigenvalue weighted by atomic mass is 16.4. The molecule has 6 nitrogen and oxygen atoms in total. The Labute approximate surface area is 217 Å². The number of hydrogen-bond acceptors (Lipinski definition) is 3. The molecule has 1 amide bonds. The summed E-state index contributed by atoms with van der Waals surface area (Å²) in [6.45, 7) is 6.97. The Balaban J connectivity index is 1.33. The number of benzene rings is 3. The van der Waals surface area contributed by atoms with E-state index >= 15 is 0 Å². The van der Waals surface area contributed by atoms with Crippen molar-refractivity contribution in [2.45, 2.75) is 58.7 Å². The Morgan fingerprint density at radius 1 is 1.00 bits per heavy atom. The number of carbonyl (C=O) groups excluding carboxylic acids is 1. The van der Waals surface area contributed by atoms with Crippen molar-refractivity contribution in [1.29, 1.82) is 0 Å². The Morgan fingerprint density at radius 2 is 1.76 bits per heavy atom. The van der Waals surface area contributed by atoms with Gasteiger partial charge in [0.25, 0.3) is 5.91 Å². The molecule has 37 heavy (non-hydrogen) atoms. The fourth-order valence-electron chi connectivity index (χ4n) is 4.91. The Bertz CT molecular complexity index is 1480. The topological polar surface area (TPSA) is 83.4 Å². The molecule has 0 saturated heterocycles. The van der Waals surface area contributed by atoms with Gasteiger partial charge < -0.3 is 20.3 Å². The molecule has 3 N–H and O–H groups in total. The van der Waals surface area contributed by atoms with Gasteiger partial charge in [0.15, 0.2) is 0 Å². The Kier molecular flexibility index (Phi) is 6.74. The number of amides is 1. The van der Waals surface area contributed by atoms with Crippen LogP contribution >= 0.6 is 0 Å². The smallest absolute Gasteiger partial charge is 0.325 e. The van der Waals surface area contributed by atoms with Crippen molar-refractivity contribution in [3.63, 3.8) is 0 Å². The second-order valence-corrected chi connectivity index (χ2v) is 10.1. The minimum absolute atomic E-state index is 0.0742. The number of aliphatic carboxylic acids is 1. The molecular formula is C31H33N3O3. The van der Waals surface area contributed by atoms with Gasteiger partial charge in [-0.1, -0.05) is 36.4 Å². The zero-order valence-corrected chi connectivity index (χ0v) is 21.5. The van der Waals surface area contributed by atoms with Crippen molar-refractivity contribution >= 4 is 28.5 Å². The first-order valence-electron chi connectivity index (χ1n) is 12.8. The molecule has 0 aliphatic heterocycles. The van der Waals surface area contributed by atoms with Crippen LogP contribution < -0.4 is 10.6 Å². The van der Waals surface area contributed by atoms with Crippen LogP contribution in [-0.4, -0.2) is 27.6 Å². The van der Waals surface area contributed by atoms with Gasteiger partial charge in [-0.2, -0.15) is 0 Å². The van der Waals surface area contributed by atoms with Gasteiger partial charge >= 0.3 is 5.97 Å². The van der Waals surface area contributed by atoms with Crippen molar-refractivity contribution in [2.24, 2.45) is 0 Å². The molecule has 5 rings (SSSR count). The van der Waals surface area contributed by atoms with Crippen molar-refractivity contribution in [1.82, 2.24) is 9.88 Å². The van der Waals surface area contributed by atoms with Crippen LogP contribution in [0.2, 0.25) is 0 Å². The van der Waals surface area contributed by atoms with Gasteiger partial charge in [0, 0.05) is 40.9 Å². The number of rotatable bonds is 9. The lowest BCUT2D eigenvalue weighted by Gasteiger charge is -2.14. The second kappa shape index (κ2) is 10.1.